The van der Waals surface area contributed by atoms with E-state index in [9.17, 15) is 0 Å². The molecule has 0 aliphatic heterocycles. The Balaban J connectivity index is 2.07. The number of nitriles is 1. The van der Waals surface area contributed by atoms with Gasteiger partial charge in [0, 0.05) is 0 Å². The van der Waals surface area contributed by atoms with Crippen LogP contribution in [0.25, 0.3) is 0 Å². The molecule has 1 unspecified atom stereocenters. The molecule has 78 valence electrons. The summed E-state index contributed by atoms with van der Waals surface area (Å²) in [7, 11) is 0. The van der Waals surface area contributed by atoms with Crippen LogP contribution >= 0.6 is 0 Å². The van der Waals surface area contributed by atoms with Crippen molar-refractivity contribution in [2.24, 2.45) is 0 Å². The summed E-state index contributed by atoms with van der Waals surface area (Å²) in [6, 6.07) is 8.40. The van der Waals surface area contributed by atoms with E-state index in [1.54, 1.807) is 0 Å². The molecule has 0 saturated heterocycles. The van der Waals surface area contributed by atoms with Crippen LogP contribution < -0.4 is 4.74 Å². The predicted octanol–water partition coefficient (Wildman–Crippen LogP) is 2.86. The van der Waals surface area contributed by atoms with Crippen LogP contribution in [0, 0.1) is 11.3 Å². The molecule has 0 N–H and O–H groups in total. The van der Waals surface area contributed by atoms with Crippen LogP contribution in [0.4, 0.5) is 0 Å². The van der Waals surface area contributed by atoms with E-state index in [2.05, 4.69) is 18.2 Å². The third kappa shape index (κ3) is 2.30. The van der Waals surface area contributed by atoms with Crippen molar-refractivity contribution in [2.45, 2.75) is 38.7 Å². The fourth-order valence-corrected chi connectivity index (χ4v) is 2.02. The molecule has 0 spiro atoms. The number of rotatable bonds is 3. The van der Waals surface area contributed by atoms with Crippen molar-refractivity contribution in [1.29, 1.82) is 5.26 Å². The Hall–Kier alpha value is -1.49. The van der Waals surface area contributed by atoms with E-state index in [1.165, 1.54) is 30.4 Å². The van der Waals surface area contributed by atoms with Crippen LogP contribution in [0.1, 0.15) is 30.9 Å². The van der Waals surface area contributed by atoms with Crippen molar-refractivity contribution >= 4 is 0 Å². The van der Waals surface area contributed by atoms with Crippen molar-refractivity contribution in [3.63, 3.8) is 0 Å². The van der Waals surface area contributed by atoms with Gasteiger partial charge in [0.05, 0.1) is 12.5 Å². The Labute approximate surface area is 90.5 Å². The average Bonchev–Trinajstić information content (AvgIpc) is 2.65. The Bertz CT molecular complexity index is 392. The van der Waals surface area contributed by atoms with E-state index in [0.717, 1.165) is 5.75 Å². The van der Waals surface area contributed by atoms with Gasteiger partial charge in [-0.2, -0.15) is 5.26 Å². The van der Waals surface area contributed by atoms with E-state index < -0.39 is 0 Å². The van der Waals surface area contributed by atoms with E-state index in [4.69, 9.17) is 10.00 Å². The van der Waals surface area contributed by atoms with E-state index >= 15 is 0 Å². The molecule has 0 saturated carbocycles. The lowest BCUT2D eigenvalue weighted by atomic mass is 10.1. The molecular weight excluding hydrogens is 186 g/mol. The standard InChI is InChI=1S/C13H15NO/c1-10(7-8-14)15-13-6-5-11-3-2-4-12(11)9-13/h5-6,9-10H,2-4,7H2,1H3. The summed E-state index contributed by atoms with van der Waals surface area (Å²) in [6.07, 6.45) is 4.04. The molecular formula is C13H15NO. The van der Waals surface area contributed by atoms with Gasteiger partial charge in [-0.05, 0) is 49.4 Å². The fourth-order valence-electron chi connectivity index (χ4n) is 2.02. The molecule has 2 nitrogen and oxygen atoms in total. The number of aryl methyl sites for hydroxylation is 2. The van der Waals surface area contributed by atoms with Crippen molar-refractivity contribution in [3.8, 4) is 11.8 Å². The molecule has 0 fully saturated rings. The average molecular weight is 201 g/mol. The van der Waals surface area contributed by atoms with Gasteiger partial charge in [0.25, 0.3) is 0 Å². The Morgan fingerprint density at radius 1 is 1.40 bits per heavy atom. The molecule has 0 radical (unpaired) electrons. The summed E-state index contributed by atoms with van der Waals surface area (Å²) in [4.78, 5) is 0. The highest BCUT2D eigenvalue weighted by atomic mass is 16.5. The largest absolute Gasteiger partial charge is 0.490 e. The van der Waals surface area contributed by atoms with Crippen molar-refractivity contribution in [3.05, 3.63) is 29.3 Å². The fraction of sp³-hybridized carbons (Fsp3) is 0.462. The summed E-state index contributed by atoms with van der Waals surface area (Å²) >= 11 is 0. The van der Waals surface area contributed by atoms with E-state index in [0.29, 0.717) is 6.42 Å². The first-order valence-electron chi connectivity index (χ1n) is 5.45. The van der Waals surface area contributed by atoms with Crippen LogP contribution in [0.5, 0.6) is 5.75 Å². The summed E-state index contributed by atoms with van der Waals surface area (Å²) in [6.45, 7) is 1.93. The summed E-state index contributed by atoms with van der Waals surface area (Å²) in [5.74, 6) is 0.901. The smallest absolute Gasteiger partial charge is 0.120 e. The number of hydrogen-bond donors (Lipinski definition) is 0. The lowest BCUT2D eigenvalue weighted by Crippen LogP contribution is -2.10. The normalized spacial score (nSPS) is 15.5. The summed E-state index contributed by atoms with van der Waals surface area (Å²) in [5.41, 5.74) is 2.87. The minimum absolute atomic E-state index is 0.0190. The molecule has 1 aromatic carbocycles. The molecule has 2 heteroatoms. The van der Waals surface area contributed by atoms with Gasteiger partial charge in [0.1, 0.15) is 11.9 Å². The number of nitrogens with zero attached hydrogens (tertiary/aromatic N) is 1. The first-order valence-corrected chi connectivity index (χ1v) is 5.45. The predicted molar refractivity (Wildman–Crippen MR) is 58.8 cm³/mol. The van der Waals surface area contributed by atoms with Crippen molar-refractivity contribution < 1.29 is 4.74 Å². The second-order valence-electron chi connectivity index (χ2n) is 4.07. The van der Waals surface area contributed by atoms with Gasteiger partial charge in [-0.25, -0.2) is 0 Å². The zero-order valence-corrected chi connectivity index (χ0v) is 8.99. The molecule has 1 aliphatic carbocycles. The Morgan fingerprint density at radius 3 is 3.00 bits per heavy atom. The molecule has 0 aromatic heterocycles. The number of ether oxygens (including phenoxy) is 1. The zero-order chi connectivity index (χ0) is 10.7. The molecule has 0 heterocycles. The van der Waals surface area contributed by atoms with Gasteiger partial charge < -0.3 is 4.74 Å². The highest BCUT2D eigenvalue weighted by Crippen LogP contribution is 2.26. The quantitative estimate of drug-likeness (QED) is 0.753. The topological polar surface area (TPSA) is 33.0 Å². The lowest BCUT2D eigenvalue weighted by molar-refractivity contribution is 0.227. The highest BCUT2D eigenvalue weighted by molar-refractivity contribution is 5.38. The van der Waals surface area contributed by atoms with Gasteiger partial charge in [-0.15, -0.1) is 0 Å². The molecule has 1 aliphatic rings. The number of hydrogen-bond acceptors (Lipinski definition) is 2. The SMILES string of the molecule is CC(CC#N)Oc1ccc2c(c1)CCC2. The maximum absolute atomic E-state index is 8.54. The second kappa shape index (κ2) is 4.35. The summed E-state index contributed by atoms with van der Waals surface area (Å²) < 4.78 is 5.66. The maximum Gasteiger partial charge on any atom is 0.120 e. The van der Waals surface area contributed by atoms with Gasteiger partial charge in [-0.1, -0.05) is 6.07 Å². The van der Waals surface area contributed by atoms with Gasteiger partial charge in [-0.3, -0.25) is 0 Å². The van der Waals surface area contributed by atoms with Crippen molar-refractivity contribution in [1.82, 2.24) is 0 Å². The molecule has 1 atom stereocenters. The molecule has 2 rings (SSSR count). The molecule has 1 aromatic rings. The highest BCUT2D eigenvalue weighted by Gasteiger charge is 2.12. The van der Waals surface area contributed by atoms with Crippen LogP contribution in [0.2, 0.25) is 0 Å². The minimum Gasteiger partial charge on any atom is -0.490 e. The summed E-state index contributed by atoms with van der Waals surface area (Å²) in [5, 5.41) is 8.54. The lowest BCUT2D eigenvalue weighted by Gasteiger charge is -2.12. The third-order valence-corrected chi connectivity index (χ3v) is 2.79. The third-order valence-electron chi connectivity index (χ3n) is 2.79. The number of fused-ring (bicyclic) bond motifs is 1. The Kier molecular flexibility index (Phi) is 2.91. The molecule has 15 heavy (non-hydrogen) atoms. The first-order chi connectivity index (χ1) is 7.29. The van der Waals surface area contributed by atoms with Gasteiger partial charge in [0.15, 0.2) is 0 Å². The maximum atomic E-state index is 8.54. The second-order valence-corrected chi connectivity index (χ2v) is 4.07. The van der Waals surface area contributed by atoms with Gasteiger partial charge >= 0.3 is 0 Å². The molecule has 0 amide bonds. The van der Waals surface area contributed by atoms with Crippen LogP contribution in [-0.2, 0) is 12.8 Å². The van der Waals surface area contributed by atoms with E-state index in [1.807, 2.05) is 13.0 Å². The number of benzene rings is 1. The Morgan fingerprint density at radius 2 is 2.20 bits per heavy atom. The van der Waals surface area contributed by atoms with Crippen LogP contribution in [0.15, 0.2) is 18.2 Å². The van der Waals surface area contributed by atoms with E-state index in [-0.39, 0.29) is 6.10 Å². The van der Waals surface area contributed by atoms with Crippen LogP contribution in [0.3, 0.4) is 0 Å². The monoisotopic (exact) mass is 201 g/mol. The molecule has 0 bridgehead atoms. The van der Waals surface area contributed by atoms with Crippen LogP contribution in [-0.4, -0.2) is 6.10 Å². The van der Waals surface area contributed by atoms with Crippen molar-refractivity contribution in [2.75, 3.05) is 0 Å². The zero-order valence-electron chi connectivity index (χ0n) is 8.99. The van der Waals surface area contributed by atoms with Gasteiger partial charge in [0.2, 0.25) is 0 Å². The minimum atomic E-state index is -0.0190. The first kappa shape index (κ1) is 10.0.